The SMILES string of the molecule is COc1ccc(C(=O)N[C@@H](C)c2nnc(S(C)(=O)=O)o2)cc1OC. The van der Waals surface area contributed by atoms with Crippen molar-refractivity contribution in [1.29, 1.82) is 0 Å². The Morgan fingerprint density at radius 2 is 1.88 bits per heavy atom. The average molecular weight is 355 g/mol. The van der Waals surface area contributed by atoms with Crippen LogP contribution >= 0.6 is 0 Å². The van der Waals surface area contributed by atoms with E-state index >= 15 is 0 Å². The van der Waals surface area contributed by atoms with Gasteiger partial charge in [0.2, 0.25) is 15.7 Å². The first-order valence-electron chi connectivity index (χ1n) is 6.82. The van der Waals surface area contributed by atoms with Gasteiger partial charge in [0.1, 0.15) is 6.04 Å². The van der Waals surface area contributed by atoms with Crippen LogP contribution in [-0.4, -0.2) is 45.0 Å². The molecule has 0 saturated carbocycles. The van der Waals surface area contributed by atoms with Gasteiger partial charge in [0.15, 0.2) is 11.5 Å². The lowest BCUT2D eigenvalue weighted by Crippen LogP contribution is -2.26. The number of hydrogen-bond donors (Lipinski definition) is 1. The molecular weight excluding hydrogens is 338 g/mol. The first kappa shape index (κ1) is 17.7. The summed E-state index contributed by atoms with van der Waals surface area (Å²) in [6.45, 7) is 1.60. The molecule has 9 nitrogen and oxygen atoms in total. The number of rotatable bonds is 6. The normalized spacial score (nSPS) is 12.5. The molecule has 0 unspecified atom stereocenters. The van der Waals surface area contributed by atoms with Crippen LogP contribution < -0.4 is 14.8 Å². The summed E-state index contributed by atoms with van der Waals surface area (Å²) in [4.78, 5) is 12.3. The monoisotopic (exact) mass is 355 g/mol. The van der Waals surface area contributed by atoms with E-state index in [-0.39, 0.29) is 5.89 Å². The fourth-order valence-corrected chi connectivity index (χ4v) is 2.29. The summed E-state index contributed by atoms with van der Waals surface area (Å²) in [6.07, 6.45) is 0.956. The first-order valence-corrected chi connectivity index (χ1v) is 8.71. The van der Waals surface area contributed by atoms with Gasteiger partial charge in [-0.2, -0.15) is 0 Å². The molecule has 24 heavy (non-hydrogen) atoms. The Morgan fingerprint density at radius 1 is 1.21 bits per heavy atom. The predicted molar refractivity (Wildman–Crippen MR) is 82.8 cm³/mol. The van der Waals surface area contributed by atoms with Gasteiger partial charge >= 0.3 is 5.22 Å². The van der Waals surface area contributed by atoms with Crippen molar-refractivity contribution < 1.29 is 27.1 Å². The minimum atomic E-state index is -3.60. The third kappa shape index (κ3) is 3.82. The van der Waals surface area contributed by atoms with Gasteiger partial charge in [-0.1, -0.05) is 5.10 Å². The largest absolute Gasteiger partial charge is 0.493 e. The van der Waals surface area contributed by atoms with Crippen LogP contribution in [-0.2, 0) is 9.84 Å². The molecular formula is C14H17N3O6S. The molecule has 0 saturated heterocycles. The smallest absolute Gasteiger partial charge is 0.335 e. The van der Waals surface area contributed by atoms with E-state index in [9.17, 15) is 13.2 Å². The van der Waals surface area contributed by atoms with E-state index in [0.29, 0.717) is 17.1 Å². The Kier molecular flexibility index (Phi) is 5.07. The number of nitrogens with zero attached hydrogens (tertiary/aromatic N) is 2. The highest BCUT2D eigenvalue weighted by Crippen LogP contribution is 2.27. The van der Waals surface area contributed by atoms with Crippen LogP contribution in [0.4, 0.5) is 0 Å². The molecule has 0 spiro atoms. The quantitative estimate of drug-likeness (QED) is 0.814. The number of nitrogens with one attached hydrogen (secondary N) is 1. The Morgan fingerprint density at radius 3 is 2.42 bits per heavy atom. The number of amides is 1. The van der Waals surface area contributed by atoms with E-state index in [1.807, 2.05) is 0 Å². The van der Waals surface area contributed by atoms with Crippen molar-refractivity contribution in [3.63, 3.8) is 0 Å². The zero-order valence-corrected chi connectivity index (χ0v) is 14.4. The minimum Gasteiger partial charge on any atom is -0.493 e. The van der Waals surface area contributed by atoms with E-state index < -0.39 is 27.0 Å². The van der Waals surface area contributed by atoms with Gasteiger partial charge in [-0.05, 0) is 25.1 Å². The number of benzene rings is 1. The summed E-state index contributed by atoms with van der Waals surface area (Å²) in [6, 6.07) is 4.02. The van der Waals surface area contributed by atoms with Crippen LogP contribution in [0.5, 0.6) is 11.5 Å². The number of methoxy groups -OCH3 is 2. The Labute approximate surface area is 138 Å². The number of ether oxygens (including phenoxy) is 2. The summed E-state index contributed by atoms with van der Waals surface area (Å²) in [5.41, 5.74) is 0.336. The van der Waals surface area contributed by atoms with Crippen molar-refractivity contribution in [3.05, 3.63) is 29.7 Å². The third-order valence-electron chi connectivity index (χ3n) is 3.10. The van der Waals surface area contributed by atoms with Crippen molar-refractivity contribution in [3.8, 4) is 11.5 Å². The van der Waals surface area contributed by atoms with E-state index in [2.05, 4.69) is 15.5 Å². The second-order valence-corrected chi connectivity index (χ2v) is 6.84. The van der Waals surface area contributed by atoms with E-state index in [1.165, 1.54) is 20.3 Å². The summed E-state index contributed by atoms with van der Waals surface area (Å²) in [5, 5.41) is 9.23. The number of aromatic nitrogens is 2. The molecule has 1 amide bonds. The summed E-state index contributed by atoms with van der Waals surface area (Å²) < 4.78 is 38.0. The molecule has 1 heterocycles. The van der Waals surface area contributed by atoms with Crippen molar-refractivity contribution in [2.24, 2.45) is 0 Å². The Balaban J connectivity index is 2.15. The Hall–Kier alpha value is -2.62. The zero-order chi connectivity index (χ0) is 17.9. The van der Waals surface area contributed by atoms with Gasteiger partial charge in [-0.15, -0.1) is 5.10 Å². The summed E-state index contributed by atoms with van der Waals surface area (Å²) in [7, 11) is -0.636. The first-order chi connectivity index (χ1) is 11.3. The van der Waals surface area contributed by atoms with Crippen LogP contribution in [0, 0.1) is 0 Å². The molecule has 10 heteroatoms. The maximum absolute atomic E-state index is 12.3. The lowest BCUT2D eigenvalue weighted by Gasteiger charge is -2.12. The number of sulfone groups is 1. The van der Waals surface area contributed by atoms with Crippen molar-refractivity contribution >= 4 is 15.7 Å². The molecule has 2 rings (SSSR count). The maximum Gasteiger partial charge on any atom is 0.335 e. The highest BCUT2D eigenvalue weighted by Gasteiger charge is 2.22. The number of carbonyl (C=O) groups excluding carboxylic acids is 1. The van der Waals surface area contributed by atoms with Crippen LogP contribution in [0.3, 0.4) is 0 Å². The van der Waals surface area contributed by atoms with Crippen molar-refractivity contribution in [2.45, 2.75) is 18.2 Å². The van der Waals surface area contributed by atoms with E-state index in [4.69, 9.17) is 13.9 Å². The number of hydrogen-bond acceptors (Lipinski definition) is 8. The third-order valence-corrected chi connectivity index (χ3v) is 3.90. The lowest BCUT2D eigenvalue weighted by molar-refractivity contribution is 0.0933. The molecule has 0 aliphatic heterocycles. The molecule has 1 atom stereocenters. The standard InChI is InChI=1S/C14H17N3O6S/c1-8(13-16-17-14(23-13)24(4,19)20)15-12(18)9-5-6-10(21-2)11(7-9)22-3/h5-8H,1-4H3,(H,15,18)/t8-/m0/s1. The zero-order valence-electron chi connectivity index (χ0n) is 13.6. The second-order valence-electron chi connectivity index (χ2n) is 4.94. The van der Waals surface area contributed by atoms with E-state index in [1.54, 1.807) is 19.1 Å². The fourth-order valence-electron chi connectivity index (χ4n) is 1.86. The van der Waals surface area contributed by atoms with Gasteiger partial charge in [0, 0.05) is 11.8 Å². The molecule has 0 radical (unpaired) electrons. The van der Waals surface area contributed by atoms with Crippen LogP contribution in [0.25, 0.3) is 0 Å². The van der Waals surface area contributed by atoms with Gasteiger partial charge < -0.3 is 19.2 Å². The molecule has 0 bridgehead atoms. The molecule has 1 N–H and O–H groups in total. The fraction of sp³-hybridized carbons (Fsp3) is 0.357. The molecule has 0 fully saturated rings. The highest BCUT2D eigenvalue weighted by atomic mass is 32.2. The Bertz CT molecular complexity index is 846. The van der Waals surface area contributed by atoms with Gasteiger partial charge in [0.25, 0.3) is 5.91 Å². The molecule has 1 aromatic heterocycles. The lowest BCUT2D eigenvalue weighted by atomic mass is 10.1. The van der Waals surface area contributed by atoms with Crippen LogP contribution in [0.15, 0.2) is 27.8 Å². The molecule has 1 aromatic carbocycles. The van der Waals surface area contributed by atoms with Crippen molar-refractivity contribution in [2.75, 3.05) is 20.5 Å². The topological polar surface area (TPSA) is 121 Å². The minimum absolute atomic E-state index is 0.00995. The predicted octanol–water partition coefficient (Wildman–Crippen LogP) is 0.981. The molecule has 130 valence electrons. The molecule has 0 aliphatic rings. The highest BCUT2D eigenvalue weighted by molar-refractivity contribution is 7.90. The average Bonchev–Trinajstić information content (AvgIpc) is 3.04. The van der Waals surface area contributed by atoms with Crippen LogP contribution in [0.2, 0.25) is 0 Å². The van der Waals surface area contributed by atoms with Gasteiger partial charge in [-0.3, -0.25) is 4.79 Å². The molecule has 2 aromatic rings. The van der Waals surface area contributed by atoms with E-state index in [0.717, 1.165) is 6.26 Å². The maximum atomic E-state index is 12.3. The summed E-state index contributed by atoms with van der Waals surface area (Å²) in [5.74, 6) is 0.485. The van der Waals surface area contributed by atoms with Gasteiger partial charge in [0.05, 0.1) is 14.2 Å². The molecule has 0 aliphatic carbocycles. The number of carbonyl (C=O) groups is 1. The summed E-state index contributed by atoms with van der Waals surface area (Å²) >= 11 is 0. The second kappa shape index (κ2) is 6.87. The van der Waals surface area contributed by atoms with Gasteiger partial charge in [-0.25, -0.2) is 8.42 Å². The van der Waals surface area contributed by atoms with Crippen molar-refractivity contribution in [1.82, 2.24) is 15.5 Å². The van der Waals surface area contributed by atoms with Crippen LogP contribution in [0.1, 0.15) is 29.2 Å².